The molecule has 0 saturated carbocycles. The van der Waals surface area contributed by atoms with Crippen molar-refractivity contribution in [2.75, 3.05) is 6.54 Å². The fraction of sp³-hybridized carbons (Fsp3) is 0.900. The minimum Gasteiger partial charge on any atom is -0.534 e. The van der Waals surface area contributed by atoms with Crippen molar-refractivity contribution in [3.05, 3.63) is 0 Å². The Morgan fingerprint density at radius 1 is 1.54 bits per heavy atom. The maximum absolute atomic E-state index is 5.98. The molecule has 1 heterocycles. The predicted octanol–water partition coefficient (Wildman–Crippen LogP) is 3.20. The lowest BCUT2D eigenvalue weighted by atomic mass is 10.2. The third-order valence-electron chi connectivity index (χ3n) is 2.85. The molecule has 0 aliphatic carbocycles. The van der Waals surface area contributed by atoms with Gasteiger partial charge in [-0.1, -0.05) is 20.3 Å². The molecule has 0 radical (unpaired) electrons. The molecule has 0 amide bonds. The van der Waals surface area contributed by atoms with Gasteiger partial charge in [0, 0.05) is 18.5 Å². The summed E-state index contributed by atoms with van der Waals surface area (Å²) < 4.78 is 5.98. The lowest BCUT2D eigenvalue weighted by Gasteiger charge is -2.34. The van der Waals surface area contributed by atoms with E-state index in [0.717, 1.165) is 18.9 Å². The summed E-state index contributed by atoms with van der Waals surface area (Å²) in [5.41, 5.74) is 0.665. The smallest absolute Gasteiger partial charge is 0.251 e. The number of hydrogen-bond acceptors (Lipinski definition) is 2. The third-order valence-corrected chi connectivity index (χ3v) is 6.17. The molecule has 0 fully saturated rings. The summed E-state index contributed by atoms with van der Waals surface area (Å²) >= 11 is 0. The largest absolute Gasteiger partial charge is 0.534 e. The summed E-state index contributed by atoms with van der Waals surface area (Å²) in [5.74, 6) is 1.02. The zero-order chi connectivity index (χ0) is 9.90. The van der Waals surface area contributed by atoms with E-state index in [-0.39, 0.29) is 0 Å². The Bertz CT molecular complexity index is 201. The molecule has 0 aromatic heterocycles. The van der Waals surface area contributed by atoms with Crippen LogP contribution in [0.2, 0.25) is 18.6 Å². The van der Waals surface area contributed by atoms with Gasteiger partial charge in [0.15, 0.2) is 5.90 Å². The van der Waals surface area contributed by atoms with Crippen molar-refractivity contribution in [1.29, 1.82) is 0 Å². The van der Waals surface area contributed by atoms with Crippen molar-refractivity contribution in [3.8, 4) is 0 Å². The number of hydrogen-bond donors (Lipinski definition) is 0. The SMILES string of the molecule is CCCCC1=NCC(C)[Si](C)(C)O1. The van der Waals surface area contributed by atoms with Crippen molar-refractivity contribution >= 4 is 14.2 Å². The Morgan fingerprint density at radius 2 is 2.23 bits per heavy atom. The van der Waals surface area contributed by atoms with Crippen LogP contribution in [0.4, 0.5) is 0 Å². The molecule has 0 aromatic carbocycles. The van der Waals surface area contributed by atoms with Crippen molar-refractivity contribution in [1.82, 2.24) is 0 Å². The molecule has 2 nitrogen and oxygen atoms in total. The Kier molecular flexibility index (Phi) is 3.53. The van der Waals surface area contributed by atoms with Gasteiger partial charge in [-0.3, -0.25) is 4.99 Å². The first-order chi connectivity index (χ1) is 6.06. The predicted molar refractivity (Wildman–Crippen MR) is 59.8 cm³/mol. The molecule has 76 valence electrons. The molecule has 13 heavy (non-hydrogen) atoms. The molecular formula is C10H21NOSi. The van der Waals surface area contributed by atoms with Gasteiger partial charge in [-0.2, -0.15) is 0 Å². The molecule has 3 heteroatoms. The first kappa shape index (κ1) is 10.8. The summed E-state index contributed by atoms with van der Waals surface area (Å²) in [6.07, 6.45) is 3.47. The lowest BCUT2D eigenvalue weighted by molar-refractivity contribution is 0.476. The fourth-order valence-electron chi connectivity index (χ4n) is 1.35. The van der Waals surface area contributed by atoms with Crippen LogP contribution in [0, 0.1) is 0 Å². The Labute approximate surface area is 82.5 Å². The number of aliphatic imine (C=N–C) groups is 1. The van der Waals surface area contributed by atoms with Gasteiger partial charge in [0.1, 0.15) is 0 Å². The van der Waals surface area contributed by atoms with Gasteiger partial charge in [0.2, 0.25) is 0 Å². The van der Waals surface area contributed by atoms with E-state index in [1.54, 1.807) is 0 Å². The number of unbranched alkanes of at least 4 members (excludes halogenated alkanes) is 1. The van der Waals surface area contributed by atoms with Crippen LogP contribution in [0.3, 0.4) is 0 Å². The summed E-state index contributed by atoms with van der Waals surface area (Å²) in [7, 11) is -1.44. The van der Waals surface area contributed by atoms with E-state index < -0.39 is 8.32 Å². The summed E-state index contributed by atoms with van der Waals surface area (Å²) in [6.45, 7) is 10.0. The molecule has 1 atom stereocenters. The normalized spacial score (nSPS) is 26.5. The second-order valence-corrected chi connectivity index (χ2v) is 8.84. The van der Waals surface area contributed by atoms with Crippen LogP contribution in [0.1, 0.15) is 33.1 Å². The van der Waals surface area contributed by atoms with E-state index in [9.17, 15) is 0 Å². The van der Waals surface area contributed by atoms with Crippen LogP contribution in [-0.4, -0.2) is 20.8 Å². The molecule has 0 bridgehead atoms. The molecule has 1 unspecified atom stereocenters. The fourth-order valence-corrected chi connectivity index (χ4v) is 2.86. The van der Waals surface area contributed by atoms with Crippen LogP contribution in [0.25, 0.3) is 0 Å². The van der Waals surface area contributed by atoms with Crippen LogP contribution >= 0.6 is 0 Å². The van der Waals surface area contributed by atoms with Crippen molar-refractivity contribution < 1.29 is 4.43 Å². The first-order valence-electron chi connectivity index (χ1n) is 5.28. The van der Waals surface area contributed by atoms with Crippen LogP contribution in [-0.2, 0) is 4.43 Å². The highest BCUT2D eigenvalue weighted by Gasteiger charge is 2.35. The second-order valence-electron chi connectivity index (χ2n) is 4.44. The van der Waals surface area contributed by atoms with Crippen molar-refractivity contribution in [2.45, 2.75) is 51.7 Å². The zero-order valence-corrected chi connectivity index (χ0v) is 10.3. The number of nitrogens with zero attached hydrogens (tertiary/aromatic N) is 1. The lowest BCUT2D eigenvalue weighted by Crippen LogP contribution is -2.42. The van der Waals surface area contributed by atoms with Gasteiger partial charge >= 0.3 is 0 Å². The Hall–Kier alpha value is -0.313. The van der Waals surface area contributed by atoms with Gasteiger partial charge < -0.3 is 4.43 Å². The standard InChI is InChI=1S/C10H21NOSi/c1-5-6-7-10-11-8-9(2)13(3,4)12-10/h9H,5-8H2,1-4H3. The zero-order valence-electron chi connectivity index (χ0n) is 9.26. The highest BCUT2D eigenvalue weighted by molar-refractivity contribution is 6.74. The minimum absolute atomic E-state index is 0.665. The topological polar surface area (TPSA) is 21.6 Å². The summed E-state index contributed by atoms with van der Waals surface area (Å²) in [6, 6.07) is 0. The Balaban J connectivity index is 2.51. The highest BCUT2D eigenvalue weighted by atomic mass is 28.4. The van der Waals surface area contributed by atoms with E-state index in [2.05, 4.69) is 31.9 Å². The van der Waals surface area contributed by atoms with Gasteiger partial charge in [0.25, 0.3) is 8.32 Å². The third kappa shape index (κ3) is 2.83. The highest BCUT2D eigenvalue weighted by Crippen LogP contribution is 2.27. The molecule has 1 rings (SSSR count). The molecular weight excluding hydrogens is 178 g/mol. The summed E-state index contributed by atoms with van der Waals surface area (Å²) in [5, 5.41) is 0. The minimum atomic E-state index is -1.44. The maximum atomic E-state index is 5.98. The molecule has 0 aromatic rings. The summed E-state index contributed by atoms with van der Waals surface area (Å²) in [4.78, 5) is 4.47. The monoisotopic (exact) mass is 199 g/mol. The second kappa shape index (κ2) is 4.27. The van der Waals surface area contributed by atoms with E-state index in [1.165, 1.54) is 12.8 Å². The van der Waals surface area contributed by atoms with Gasteiger partial charge in [-0.05, 0) is 19.5 Å². The van der Waals surface area contributed by atoms with Gasteiger partial charge in [-0.15, -0.1) is 0 Å². The van der Waals surface area contributed by atoms with Crippen LogP contribution in [0.5, 0.6) is 0 Å². The van der Waals surface area contributed by atoms with Gasteiger partial charge in [-0.25, -0.2) is 0 Å². The van der Waals surface area contributed by atoms with E-state index in [4.69, 9.17) is 4.43 Å². The average Bonchev–Trinajstić information content (AvgIpc) is 2.07. The van der Waals surface area contributed by atoms with E-state index in [1.807, 2.05) is 0 Å². The van der Waals surface area contributed by atoms with E-state index >= 15 is 0 Å². The molecule has 1 aliphatic rings. The van der Waals surface area contributed by atoms with Crippen LogP contribution < -0.4 is 0 Å². The Morgan fingerprint density at radius 3 is 2.77 bits per heavy atom. The van der Waals surface area contributed by atoms with Crippen molar-refractivity contribution in [3.63, 3.8) is 0 Å². The molecule has 1 aliphatic heterocycles. The average molecular weight is 199 g/mol. The number of rotatable bonds is 3. The van der Waals surface area contributed by atoms with E-state index in [0.29, 0.717) is 5.54 Å². The quantitative estimate of drug-likeness (QED) is 0.640. The maximum Gasteiger partial charge on any atom is 0.251 e. The van der Waals surface area contributed by atoms with Crippen molar-refractivity contribution in [2.24, 2.45) is 4.99 Å². The first-order valence-corrected chi connectivity index (χ1v) is 8.27. The molecule has 0 spiro atoms. The van der Waals surface area contributed by atoms with Crippen LogP contribution in [0.15, 0.2) is 4.99 Å². The molecule has 0 N–H and O–H groups in total. The van der Waals surface area contributed by atoms with Gasteiger partial charge in [0.05, 0.1) is 0 Å². The molecule has 0 saturated heterocycles.